The van der Waals surface area contributed by atoms with Crippen molar-refractivity contribution in [2.24, 2.45) is 0 Å². The molecule has 0 aliphatic rings. The maximum absolute atomic E-state index is 13.4. The van der Waals surface area contributed by atoms with Crippen molar-refractivity contribution in [3.8, 4) is 0 Å². The van der Waals surface area contributed by atoms with E-state index in [2.05, 4.69) is 50.4 Å². The Hall–Kier alpha value is -2.04. The molecule has 0 aromatic heterocycles. The number of hydrogen-bond acceptors (Lipinski definition) is 2. The van der Waals surface area contributed by atoms with Gasteiger partial charge in [-0.2, -0.15) is 0 Å². The van der Waals surface area contributed by atoms with Gasteiger partial charge in [0.25, 0.3) is 0 Å². The maximum Gasteiger partial charge on any atom is 0.242 e. The quantitative estimate of drug-likeness (QED) is 0.409. The Bertz CT molecular complexity index is 936. The molecular weight excluding hydrogens is 455 g/mol. The van der Waals surface area contributed by atoms with E-state index < -0.39 is 6.04 Å². The number of rotatable bonds is 10. The third-order valence-electron chi connectivity index (χ3n) is 5.72. The van der Waals surface area contributed by atoms with Crippen LogP contribution in [0, 0.1) is 0 Å². The van der Waals surface area contributed by atoms with Gasteiger partial charge in [0.15, 0.2) is 0 Å². The molecule has 0 aliphatic heterocycles. The molecular formula is C27H36Cl2N2O2. The van der Waals surface area contributed by atoms with Crippen LogP contribution in [0.1, 0.15) is 70.6 Å². The van der Waals surface area contributed by atoms with E-state index in [-0.39, 0.29) is 17.2 Å². The molecule has 180 valence electrons. The van der Waals surface area contributed by atoms with Gasteiger partial charge in [-0.3, -0.25) is 9.59 Å². The number of nitrogens with one attached hydrogen (secondary N) is 1. The van der Waals surface area contributed by atoms with Gasteiger partial charge >= 0.3 is 0 Å². The van der Waals surface area contributed by atoms with Crippen LogP contribution in [0.5, 0.6) is 0 Å². The van der Waals surface area contributed by atoms with E-state index in [1.54, 1.807) is 17.0 Å². The Morgan fingerprint density at radius 1 is 0.970 bits per heavy atom. The summed E-state index contributed by atoms with van der Waals surface area (Å²) in [5, 5.41) is 3.84. The number of hydrogen-bond donors (Lipinski definition) is 1. The third-order valence-corrected chi connectivity index (χ3v) is 6.46. The van der Waals surface area contributed by atoms with E-state index in [0.717, 1.165) is 17.5 Å². The fourth-order valence-corrected chi connectivity index (χ4v) is 4.01. The van der Waals surface area contributed by atoms with Crippen molar-refractivity contribution in [1.29, 1.82) is 0 Å². The van der Waals surface area contributed by atoms with E-state index >= 15 is 0 Å². The summed E-state index contributed by atoms with van der Waals surface area (Å²) in [6, 6.07) is 13.2. The van der Waals surface area contributed by atoms with Gasteiger partial charge < -0.3 is 10.2 Å². The maximum atomic E-state index is 13.4. The average molecular weight is 492 g/mol. The average Bonchev–Trinajstić information content (AvgIpc) is 2.77. The Labute approximate surface area is 208 Å². The van der Waals surface area contributed by atoms with Gasteiger partial charge in [0.2, 0.25) is 11.8 Å². The number of benzene rings is 2. The first-order valence-corrected chi connectivity index (χ1v) is 12.4. The van der Waals surface area contributed by atoms with Crippen molar-refractivity contribution in [3.05, 3.63) is 69.2 Å². The summed E-state index contributed by atoms with van der Waals surface area (Å²) in [6.07, 6.45) is 2.32. The molecule has 0 bridgehead atoms. The third kappa shape index (κ3) is 8.04. The number of halogens is 2. The van der Waals surface area contributed by atoms with Crippen molar-refractivity contribution >= 4 is 35.0 Å². The lowest BCUT2D eigenvalue weighted by Crippen LogP contribution is -2.49. The van der Waals surface area contributed by atoms with Crippen LogP contribution in [-0.4, -0.2) is 29.3 Å². The molecule has 0 radical (unpaired) electrons. The van der Waals surface area contributed by atoms with Crippen LogP contribution in [0.4, 0.5) is 0 Å². The highest BCUT2D eigenvalue weighted by atomic mass is 35.5. The van der Waals surface area contributed by atoms with E-state index in [1.807, 2.05) is 19.9 Å². The second-order valence-electron chi connectivity index (χ2n) is 9.43. The van der Waals surface area contributed by atoms with Gasteiger partial charge in [0.1, 0.15) is 6.04 Å². The zero-order valence-electron chi connectivity index (χ0n) is 20.4. The molecule has 6 heteroatoms. The van der Waals surface area contributed by atoms with E-state index in [1.165, 1.54) is 5.56 Å². The van der Waals surface area contributed by atoms with Crippen molar-refractivity contribution in [3.63, 3.8) is 0 Å². The minimum Gasteiger partial charge on any atom is -0.354 e. The molecule has 2 amide bonds. The van der Waals surface area contributed by atoms with Crippen LogP contribution in [0.3, 0.4) is 0 Å². The molecule has 0 saturated heterocycles. The van der Waals surface area contributed by atoms with Gasteiger partial charge in [-0.1, -0.05) is 88.2 Å². The standard InChI is InChI=1S/C27H36Cl2N2O2/c1-6-16-30-26(33)24(7-2)31(18-20-10-14-22(28)23(29)17-20)25(32)15-11-19-8-12-21(13-9-19)27(3,4)5/h8-10,12-14,17,24H,6-7,11,15-16,18H2,1-5H3,(H,30,33). The van der Waals surface area contributed by atoms with Gasteiger partial charge in [0, 0.05) is 19.5 Å². The van der Waals surface area contributed by atoms with Crippen LogP contribution >= 0.6 is 23.2 Å². The summed E-state index contributed by atoms with van der Waals surface area (Å²) >= 11 is 12.2. The van der Waals surface area contributed by atoms with Crippen LogP contribution in [-0.2, 0) is 28.0 Å². The van der Waals surface area contributed by atoms with Crippen molar-refractivity contribution in [2.75, 3.05) is 6.54 Å². The highest BCUT2D eigenvalue weighted by Crippen LogP contribution is 2.25. The lowest BCUT2D eigenvalue weighted by molar-refractivity contribution is -0.141. The molecule has 2 aromatic carbocycles. The molecule has 0 fully saturated rings. The van der Waals surface area contributed by atoms with Crippen molar-refractivity contribution in [1.82, 2.24) is 10.2 Å². The van der Waals surface area contributed by atoms with Crippen LogP contribution < -0.4 is 5.32 Å². The van der Waals surface area contributed by atoms with Crippen molar-refractivity contribution in [2.45, 2.75) is 78.3 Å². The normalized spacial score (nSPS) is 12.3. The van der Waals surface area contributed by atoms with Crippen molar-refractivity contribution < 1.29 is 9.59 Å². The molecule has 1 N–H and O–H groups in total. The SMILES string of the molecule is CCCNC(=O)C(CC)N(Cc1ccc(Cl)c(Cl)c1)C(=O)CCc1ccc(C(C)(C)C)cc1. The molecule has 0 spiro atoms. The zero-order chi connectivity index (χ0) is 24.6. The van der Waals surface area contributed by atoms with Crippen LogP contribution in [0.25, 0.3) is 0 Å². The van der Waals surface area contributed by atoms with Gasteiger partial charge in [0.05, 0.1) is 10.0 Å². The summed E-state index contributed by atoms with van der Waals surface area (Å²) in [5.41, 5.74) is 3.30. The second kappa shape index (κ2) is 12.4. The Morgan fingerprint density at radius 3 is 2.15 bits per heavy atom. The summed E-state index contributed by atoms with van der Waals surface area (Å²) in [4.78, 5) is 27.9. The molecule has 2 rings (SSSR count). The largest absolute Gasteiger partial charge is 0.354 e. The summed E-state index contributed by atoms with van der Waals surface area (Å²) in [7, 11) is 0. The van der Waals surface area contributed by atoms with E-state index in [0.29, 0.717) is 42.4 Å². The first-order chi connectivity index (χ1) is 15.6. The fraction of sp³-hybridized carbons (Fsp3) is 0.481. The summed E-state index contributed by atoms with van der Waals surface area (Å²) in [6.45, 7) is 11.4. The minimum atomic E-state index is -0.540. The molecule has 0 heterocycles. The Morgan fingerprint density at radius 2 is 1.61 bits per heavy atom. The van der Waals surface area contributed by atoms with E-state index in [9.17, 15) is 9.59 Å². The summed E-state index contributed by atoms with van der Waals surface area (Å²) < 4.78 is 0. The molecule has 33 heavy (non-hydrogen) atoms. The molecule has 0 saturated carbocycles. The number of carbonyl (C=O) groups excluding carboxylic acids is 2. The number of amides is 2. The summed E-state index contributed by atoms with van der Waals surface area (Å²) in [5.74, 6) is -0.179. The lowest BCUT2D eigenvalue weighted by Gasteiger charge is -2.31. The number of aryl methyl sites for hydroxylation is 1. The molecule has 1 unspecified atom stereocenters. The van der Waals surface area contributed by atoms with E-state index in [4.69, 9.17) is 23.2 Å². The minimum absolute atomic E-state index is 0.0560. The highest BCUT2D eigenvalue weighted by Gasteiger charge is 2.28. The second-order valence-corrected chi connectivity index (χ2v) is 10.2. The first kappa shape index (κ1) is 27.2. The predicted molar refractivity (Wildman–Crippen MR) is 138 cm³/mol. The predicted octanol–water partition coefficient (Wildman–Crippen LogP) is 6.56. The monoisotopic (exact) mass is 490 g/mol. The molecule has 4 nitrogen and oxygen atoms in total. The first-order valence-electron chi connectivity index (χ1n) is 11.7. The van der Waals surface area contributed by atoms with Gasteiger partial charge in [-0.05, 0) is 53.5 Å². The number of carbonyl (C=O) groups is 2. The van der Waals surface area contributed by atoms with Crippen LogP contribution in [0.2, 0.25) is 10.0 Å². The van der Waals surface area contributed by atoms with Gasteiger partial charge in [-0.15, -0.1) is 0 Å². The number of nitrogens with zero attached hydrogens (tertiary/aromatic N) is 1. The topological polar surface area (TPSA) is 49.4 Å². The molecule has 2 aromatic rings. The van der Waals surface area contributed by atoms with Gasteiger partial charge in [-0.25, -0.2) is 0 Å². The zero-order valence-corrected chi connectivity index (χ0v) is 21.9. The fourth-order valence-electron chi connectivity index (χ4n) is 3.69. The Kier molecular flexibility index (Phi) is 10.2. The highest BCUT2D eigenvalue weighted by molar-refractivity contribution is 6.42. The van der Waals surface area contributed by atoms with Crippen LogP contribution in [0.15, 0.2) is 42.5 Å². The lowest BCUT2D eigenvalue weighted by atomic mass is 9.86. The Balaban J connectivity index is 2.20. The smallest absolute Gasteiger partial charge is 0.242 e. The molecule has 0 aliphatic carbocycles. The molecule has 1 atom stereocenters.